The minimum Gasteiger partial charge on any atom is -0.358 e. The Morgan fingerprint density at radius 2 is 2.43 bits per heavy atom. The van der Waals surface area contributed by atoms with Crippen LogP contribution in [0.2, 0.25) is 0 Å². The summed E-state index contributed by atoms with van der Waals surface area (Å²) < 4.78 is 0. The number of H-pyrrole nitrogens is 1. The van der Waals surface area contributed by atoms with Gasteiger partial charge in [0.1, 0.15) is 0 Å². The molecule has 1 aromatic rings. The van der Waals surface area contributed by atoms with Gasteiger partial charge in [-0.3, -0.25) is 0 Å². The quantitative estimate of drug-likeness (QED) is 0.543. The van der Waals surface area contributed by atoms with Gasteiger partial charge in [-0.15, -0.1) is 5.10 Å². The summed E-state index contributed by atoms with van der Waals surface area (Å²) in [6, 6.07) is 0. The van der Waals surface area contributed by atoms with Gasteiger partial charge in [0.15, 0.2) is 0 Å². The van der Waals surface area contributed by atoms with E-state index >= 15 is 0 Å². The highest BCUT2D eigenvalue weighted by molar-refractivity contribution is 5.36. The van der Waals surface area contributed by atoms with Gasteiger partial charge in [-0.05, 0) is 4.92 Å². The molecule has 0 saturated carbocycles. The Balaban J connectivity index is 3.05. The first kappa shape index (κ1) is 10.6. The molecule has 0 bridgehead atoms. The number of nitrogens with two attached hydrogens (primary N) is 1. The number of aromatic amines is 1. The maximum atomic E-state index is 10.6. The Morgan fingerprint density at radius 3 is 2.93 bits per heavy atom. The van der Waals surface area contributed by atoms with E-state index in [1.165, 1.54) is 6.20 Å². The Kier molecular flexibility index (Phi) is 2.82. The molecular formula is C7H12N4O3. The number of nitrogens with zero attached hydrogens (tertiary/aromatic N) is 2. The molecule has 1 rings (SSSR count). The maximum absolute atomic E-state index is 10.6. The molecule has 0 amide bonds. The highest BCUT2D eigenvalue weighted by Crippen LogP contribution is 2.29. The third-order valence-electron chi connectivity index (χ3n) is 1.98. The van der Waals surface area contributed by atoms with Gasteiger partial charge in [0.05, 0.1) is 18.4 Å². The summed E-state index contributed by atoms with van der Waals surface area (Å²) in [6.45, 7) is 3.77. The third-order valence-corrected chi connectivity index (χ3v) is 1.98. The molecule has 1 heterocycles. The van der Waals surface area contributed by atoms with E-state index in [1.54, 1.807) is 13.8 Å². The number of hydrogen-bond donors (Lipinski definition) is 2. The lowest BCUT2D eigenvalue weighted by molar-refractivity contribution is -0.390. The summed E-state index contributed by atoms with van der Waals surface area (Å²) >= 11 is 0. The molecular weight excluding hydrogens is 188 g/mol. The molecule has 0 aliphatic rings. The maximum Gasteiger partial charge on any atom is 0.346 e. The van der Waals surface area contributed by atoms with Crippen LogP contribution in [0.1, 0.15) is 19.4 Å². The van der Waals surface area contributed by atoms with E-state index in [2.05, 4.69) is 15.0 Å². The van der Waals surface area contributed by atoms with Gasteiger partial charge < -0.3 is 15.0 Å². The second-order valence-corrected chi connectivity index (χ2v) is 3.58. The zero-order chi connectivity index (χ0) is 10.8. The topological polar surface area (TPSA) is 107 Å². The smallest absolute Gasteiger partial charge is 0.346 e. The van der Waals surface area contributed by atoms with Gasteiger partial charge >= 0.3 is 5.82 Å². The Morgan fingerprint density at radius 1 is 1.79 bits per heavy atom. The first-order valence-corrected chi connectivity index (χ1v) is 3.99. The molecule has 14 heavy (non-hydrogen) atoms. The fourth-order valence-corrected chi connectivity index (χ4v) is 1.20. The monoisotopic (exact) mass is 200 g/mol. The lowest BCUT2D eigenvalue weighted by Crippen LogP contribution is -2.26. The number of rotatable bonds is 4. The van der Waals surface area contributed by atoms with Crippen LogP contribution in [0.3, 0.4) is 0 Å². The molecule has 78 valence electrons. The van der Waals surface area contributed by atoms with Crippen molar-refractivity contribution >= 4 is 5.82 Å². The molecule has 0 radical (unpaired) electrons. The molecule has 0 aliphatic carbocycles. The summed E-state index contributed by atoms with van der Waals surface area (Å²) in [4.78, 5) is 14.6. The van der Waals surface area contributed by atoms with E-state index in [-0.39, 0.29) is 12.4 Å². The van der Waals surface area contributed by atoms with Crippen LogP contribution >= 0.6 is 0 Å². The zero-order valence-corrected chi connectivity index (χ0v) is 7.98. The number of nitro groups is 1. The van der Waals surface area contributed by atoms with E-state index in [0.29, 0.717) is 5.56 Å². The standard InChI is InChI=1S/C7H12N4O3/c1-7(2,4-14-8)5-3-9-10-6(5)11(12)13/h3H,4,8H2,1-2H3,(H,9,10). The van der Waals surface area contributed by atoms with E-state index in [0.717, 1.165) is 0 Å². The van der Waals surface area contributed by atoms with Crippen molar-refractivity contribution in [2.24, 2.45) is 5.90 Å². The fourth-order valence-electron chi connectivity index (χ4n) is 1.20. The van der Waals surface area contributed by atoms with Crippen molar-refractivity contribution in [3.8, 4) is 0 Å². The van der Waals surface area contributed by atoms with Crippen LogP contribution in [0, 0.1) is 10.1 Å². The van der Waals surface area contributed by atoms with Crippen molar-refractivity contribution in [1.29, 1.82) is 0 Å². The van der Waals surface area contributed by atoms with Gasteiger partial charge in [-0.2, -0.15) is 0 Å². The minimum absolute atomic E-state index is 0.118. The summed E-state index contributed by atoms with van der Waals surface area (Å²) in [7, 11) is 0. The van der Waals surface area contributed by atoms with Crippen LogP contribution in [-0.2, 0) is 10.3 Å². The summed E-state index contributed by atoms with van der Waals surface area (Å²) in [5.41, 5.74) is -0.0580. The molecule has 7 nitrogen and oxygen atoms in total. The molecule has 0 aromatic carbocycles. The Labute approximate surface area is 80.3 Å². The van der Waals surface area contributed by atoms with Crippen LogP contribution < -0.4 is 5.90 Å². The van der Waals surface area contributed by atoms with Gasteiger partial charge in [-0.25, -0.2) is 5.90 Å². The van der Waals surface area contributed by atoms with Crippen molar-refractivity contribution < 1.29 is 9.76 Å². The molecule has 7 heteroatoms. The van der Waals surface area contributed by atoms with Crippen molar-refractivity contribution in [2.45, 2.75) is 19.3 Å². The van der Waals surface area contributed by atoms with Crippen LogP contribution in [0.15, 0.2) is 6.20 Å². The lowest BCUT2D eigenvalue weighted by atomic mass is 9.87. The van der Waals surface area contributed by atoms with E-state index in [4.69, 9.17) is 5.90 Å². The normalized spacial score (nSPS) is 11.6. The highest BCUT2D eigenvalue weighted by atomic mass is 16.6. The van der Waals surface area contributed by atoms with E-state index < -0.39 is 10.3 Å². The van der Waals surface area contributed by atoms with Gasteiger partial charge in [0.25, 0.3) is 0 Å². The number of hydrogen-bond acceptors (Lipinski definition) is 5. The molecule has 3 N–H and O–H groups in total. The molecule has 0 spiro atoms. The van der Waals surface area contributed by atoms with E-state index in [9.17, 15) is 10.1 Å². The molecule has 1 aromatic heterocycles. The second kappa shape index (κ2) is 3.72. The summed E-state index contributed by atoms with van der Waals surface area (Å²) in [5, 5.41) is 16.5. The van der Waals surface area contributed by atoms with Crippen molar-refractivity contribution in [3.05, 3.63) is 21.9 Å². The Bertz CT molecular complexity index is 333. The van der Waals surface area contributed by atoms with Crippen molar-refractivity contribution in [3.63, 3.8) is 0 Å². The molecule has 0 unspecified atom stereocenters. The van der Waals surface area contributed by atoms with E-state index in [1.807, 2.05) is 0 Å². The van der Waals surface area contributed by atoms with Gasteiger partial charge in [-0.1, -0.05) is 18.9 Å². The van der Waals surface area contributed by atoms with Crippen molar-refractivity contribution in [1.82, 2.24) is 10.2 Å². The van der Waals surface area contributed by atoms with Crippen LogP contribution in [0.4, 0.5) is 5.82 Å². The average Bonchev–Trinajstić information content (AvgIpc) is 2.51. The predicted molar refractivity (Wildman–Crippen MR) is 48.4 cm³/mol. The first-order chi connectivity index (χ1) is 6.49. The largest absolute Gasteiger partial charge is 0.358 e. The number of nitrogens with one attached hydrogen (secondary N) is 1. The molecule has 0 aliphatic heterocycles. The van der Waals surface area contributed by atoms with Crippen LogP contribution in [0.5, 0.6) is 0 Å². The number of aromatic nitrogens is 2. The summed E-state index contributed by atoms with van der Waals surface area (Å²) in [6.07, 6.45) is 1.41. The fraction of sp³-hybridized carbons (Fsp3) is 0.571. The first-order valence-electron chi connectivity index (χ1n) is 3.99. The second-order valence-electron chi connectivity index (χ2n) is 3.58. The van der Waals surface area contributed by atoms with Crippen molar-refractivity contribution in [2.75, 3.05) is 6.61 Å². The molecule has 0 atom stereocenters. The third kappa shape index (κ3) is 1.88. The lowest BCUT2D eigenvalue weighted by Gasteiger charge is -2.20. The zero-order valence-electron chi connectivity index (χ0n) is 7.98. The van der Waals surface area contributed by atoms with Gasteiger partial charge in [0.2, 0.25) is 0 Å². The predicted octanol–water partition coefficient (Wildman–Crippen LogP) is 0.486. The SMILES string of the molecule is CC(C)(CON)c1cn[nH]c1[N+](=O)[O-]. The summed E-state index contributed by atoms with van der Waals surface area (Å²) in [5.74, 6) is 4.83. The van der Waals surface area contributed by atoms with Crippen LogP contribution in [-0.4, -0.2) is 21.7 Å². The molecule has 0 saturated heterocycles. The average molecular weight is 200 g/mol. The highest BCUT2D eigenvalue weighted by Gasteiger charge is 2.30. The van der Waals surface area contributed by atoms with Crippen LogP contribution in [0.25, 0.3) is 0 Å². The molecule has 0 fully saturated rings. The van der Waals surface area contributed by atoms with Gasteiger partial charge in [0, 0.05) is 5.41 Å². The minimum atomic E-state index is -0.538. The Hall–Kier alpha value is -1.47.